The molecule has 32 heavy (non-hydrogen) atoms. The van der Waals surface area contributed by atoms with Crippen LogP contribution in [0.15, 0.2) is 77.9 Å². The Morgan fingerprint density at radius 3 is 2.66 bits per heavy atom. The molecule has 3 heterocycles. The Hall–Kier alpha value is -3.91. The Balaban J connectivity index is 1.46. The quantitative estimate of drug-likeness (QED) is 0.450. The standard InChI is InChI=1S/C24H20N4O3S/c29-23-18(9-17-10-21-22(31-15-30-21)11-20(17)27-23)14-28(13-16-5-4-8-25-12-16)24(32)26-19-6-2-1-3-7-19/h1-12H,13-15H2,(H,26,32)(H,27,29). The molecule has 160 valence electrons. The van der Waals surface area contributed by atoms with E-state index in [0.29, 0.717) is 40.8 Å². The number of para-hydroxylation sites is 1. The van der Waals surface area contributed by atoms with Gasteiger partial charge in [0.1, 0.15) is 0 Å². The van der Waals surface area contributed by atoms with E-state index in [1.807, 2.05) is 59.5 Å². The van der Waals surface area contributed by atoms with Crippen LogP contribution in [-0.4, -0.2) is 26.8 Å². The molecule has 0 fully saturated rings. The van der Waals surface area contributed by atoms with E-state index in [-0.39, 0.29) is 12.4 Å². The third-order valence-electron chi connectivity index (χ3n) is 5.18. The van der Waals surface area contributed by atoms with E-state index in [4.69, 9.17) is 21.7 Å². The number of benzene rings is 2. The van der Waals surface area contributed by atoms with Crippen LogP contribution < -0.4 is 20.3 Å². The number of aromatic amines is 1. The highest BCUT2D eigenvalue weighted by Crippen LogP contribution is 2.35. The number of anilines is 1. The van der Waals surface area contributed by atoms with Crippen LogP contribution in [0.5, 0.6) is 11.5 Å². The summed E-state index contributed by atoms with van der Waals surface area (Å²) in [6, 6.07) is 19.1. The maximum absolute atomic E-state index is 12.9. The fraction of sp³-hybridized carbons (Fsp3) is 0.125. The Bertz CT molecular complexity index is 1330. The molecule has 1 aliphatic heterocycles. The summed E-state index contributed by atoms with van der Waals surface area (Å²) in [6.45, 7) is 1.01. The van der Waals surface area contributed by atoms with Crippen molar-refractivity contribution in [2.75, 3.05) is 12.1 Å². The average molecular weight is 445 g/mol. The molecular weight excluding hydrogens is 424 g/mol. The minimum Gasteiger partial charge on any atom is -0.454 e. The number of hydrogen-bond donors (Lipinski definition) is 2. The zero-order valence-corrected chi connectivity index (χ0v) is 17.9. The predicted molar refractivity (Wildman–Crippen MR) is 127 cm³/mol. The van der Waals surface area contributed by atoms with Gasteiger partial charge in [-0.2, -0.15) is 0 Å². The van der Waals surface area contributed by atoms with Crippen molar-refractivity contribution in [1.82, 2.24) is 14.9 Å². The van der Waals surface area contributed by atoms with Crippen LogP contribution >= 0.6 is 12.2 Å². The molecule has 0 atom stereocenters. The molecule has 4 aromatic rings. The molecule has 0 saturated heterocycles. The highest BCUT2D eigenvalue weighted by molar-refractivity contribution is 7.80. The number of aromatic nitrogens is 2. The van der Waals surface area contributed by atoms with Gasteiger partial charge in [-0.25, -0.2) is 0 Å². The third-order valence-corrected chi connectivity index (χ3v) is 5.54. The Kier molecular flexibility index (Phi) is 5.43. The number of pyridine rings is 2. The van der Waals surface area contributed by atoms with Crippen LogP contribution in [0.1, 0.15) is 11.1 Å². The van der Waals surface area contributed by atoms with Gasteiger partial charge in [-0.3, -0.25) is 9.78 Å². The minimum absolute atomic E-state index is 0.171. The van der Waals surface area contributed by atoms with Crippen LogP contribution in [0.3, 0.4) is 0 Å². The third kappa shape index (κ3) is 4.26. The zero-order chi connectivity index (χ0) is 21.9. The van der Waals surface area contributed by atoms with Crippen molar-refractivity contribution in [2.45, 2.75) is 13.1 Å². The normalized spacial score (nSPS) is 12.0. The predicted octanol–water partition coefficient (Wildman–Crippen LogP) is 4.05. The van der Waals surface area contributed by atoms with Gasteiger partial charge in [-0.1, -0.05) is 24.3 Å². The molecule has 0 amide bonds. The van der Waals surface area contributed by atoms with E-state index < -0.39 is 0 Å². The lowest BCUT2D eigenvalue weighted by atomic mass is 10.1. The minimum atomic E-state index is -0.171. The maximum Gasteiger partial charge on any atom is 0.253 e. The van der Waals surface area contributed by atoms with Gasteiger partial charge >= 0.3 is 0 Å². The van der Waals surface area contributed by atoms with Gasteiger partial charge in [-0.05, 0) is 48.1 Å². The maximum atomic E-state index is 12.9. The molecule has 0 spiro atoms. The number of nitrogens with zero attached hydrogens (tertiary/aromatic N) is 2. The molecule has 0 radical (unpaired) electrons. The SMILES string of the molecule is O=c1[nH]c2cc3c(cc2cc1CN(Cc1cccnc1)C(=S)Nc1ccccc1)OCO3. The van der Waals surface area contributed by atoms with E-state index in [2.05, 4.69) is 15.3 Å². The molecule has 0 saturated carbocycles. The zero-order valence-electron chi connectivity index (χ0n) is 17.1. The molecule has 0 aliphatic carbocycles. The summed E-state index contributed by atoms with van der Waals surface area (Å²) in [5.74, 6) is 1.30. The first-order valence-electron chi connectivity index (χ1n) is 10.1. The van der Waals surface area contributed by atoms with Gasteiger partial charge in [0.25, 0.3) is 5.56 Å². The van der Waals surface area contributed by atoms with Gasteiger partial charge in [0, 0.05) is 41.6 Å². The van der Waals surface area contributed by atoms with Gasteiger partial charge in [0.15, 0.2) is 16.6 Å². The summed E-state index contributed by atoms with van der Waals surface area (Å²) in [5.41, 5.74) is 3.00. The van der Waals surface area contributed by atoms with Crippen molar-refractivity contribution in [1.29, 1.82) is 0 Å². The fourth-order valence-corrected chi connectivity index (χ4v) is 3.85. The molecule has 8 heteroatoms. The number of thiocarbonyl (C=S) groups is 1. The van der Waals surface area contributed by atoms with Gasteiger partial charge < -0.3 is 24.7 Å². The van der Waals surface area contributed by atoms with Crippen molar-refractivity contribution in [3.8, 4) is 11.5 Å². The Morgan fingerprint density at radius 2 is 1.88 bits per heavy atom. The Labute approximate surface area is 189 Å². The molecule has 7 nitrogen and oxygen atoms in total. The van der Waals surface area contributed by atoms with E-state index in [0.717, 1.165) is 16.6 Å². The van der Waals surface area contributed by atoms with Crippen molar-refractivity contribution < 1.29 is 9.47 Å². The lowest BCUT2D eigenvalue weighted by Crippen LogP contribution is -2.35. The molecule has 5 rings (SSSR count). The van der Waals surface area contributed by atoms with E-state index in [9.17, 15) is 4.79 Å². The first kappa shape index (κ1) is 20.0. The molecule has 2 N–H and O–H groups in total. The van der Waals surface area contributed by atoms with Crippen LogP contribution in [0.25, 0.3) is 10.9 Å². The molecule has 1 aliphatic rings. The molecule has 0 bridgehead atoms. The van der Waals surface area contributed by atoms with Gasteiger partial charge in [-0.15, -0.1) is 0 Å². The number of H-pyrrole nitrogens is 1. The van der Waals surface area contributed by atoms with Crippen molar-refractivity contribution in [3.63, 3.8) is 0 Å². The van der Waals surface area contributed by atoms with E-state index in [1.54, 1.807) is 18.5 Å². The second kappa shape index (κ2) is 8.68. The van der Waals surface area contributed by atoms with Crippen molar-refractivity contribution in [2.24, 2.45) is 0 Å². The summed E-state index contributed by atoms with van der Waals surface area (Å²) >= 11 is 5.71. The second-order valence-corrected chi connectivity index (χ2v) is 7.82. The van der Waals surface area contributed by atoms with E-state index in [1.165, 1.54) is 0 Å². The van der Waals surface area contributed by atoms with E-state index >= 15 is 0 Å². The van der Waals surface area contributed by atoms with Crippen LogP contribution in [0.2, 0.25) is 0 Å². The smallest absolute Gasteiger partial charge is 0.253 e. The van der Waals surface area contributed by atoms with Gasteiger partial charge in [0.05, 0.1) is 12.1 Å². The first-order valence-corrected chi connectivity index (χ1v) is 10.5. The lowest BCUT2D eigenvalue weighted by Gasteiger charge is -2.26. The summed E-state index contributed by atoms with van der Waals surface area (Å²) in [7, 11) is 0. The highest BCUT2D eigenvalue weighted by atomic mass is 32.1. The summed E-state index contributed by atoms with van der Waals surface area (Å²) < 4.78 is 10.9. The number of fused-ring (bicyclic) bond motifs is 2. The number of rotatable bonds is 5. The lowest BCUT2D eigenvalue weighted by molar-refractivity contribution is 0.174. The summed E-state index contributed by atoms with van der Waals surface area (Å²) in [6.07, 6.45) is 3.52. The van der Waals surface area contributed by atoms with Crippen molar-refractivity contribution >= 4 is 33.9 Å². The number of hydrogen-bond acceptors (Lipinski definition) is 5. The molecule has 2 aromatic heterocycles. The number of ether oxygens (including phenoxy) is 2. The highest BCUT2D eigenvalue weighted by Gasteiger charge is 2.18. The fourth-order valence-electron chi connectivity index (χ4n) is 3.60. The van der Waals surface area contributed by atoms with Gasteiger partial charge in [0.2, 0.25) is 6.79 Å². The molecule has 0 unspecified atom stereocenters. The molecular formula is C24H20N4O3S. The first-order chi connectivity index (χ1) is 15.7. The topological polar surface area (TPSA) is 79.5 Å². The van der Waals surface area contributed by atoms with Crippen LogP contribution in [0.4, 0.5) is 5.69 Å². The summed E-state index contributed by atoms with van der Waals surface area (Å²) in [5, 5.41) is 4.65. The van der Waals surface area contributed by atoms with Crippen LogP contribution in [0, 0.1) is 0 Å². The molecule has 2 aromatic carbocycles. The monoisotopic (exact) mass is 444 g/mol. The second-order valence-electron chi connectivity index (χ2n) is 7.43. The summed E-state index contributed by atoms with van der Waals surface area (Å²) in [4.78, 5) is 22.0. The number of nitrogens with one attached hydrogen (secondary N) is 2. The van der Waals surface area contributed by atoms with Crippen molar-refractivity contribution in [3.05, 3.63) is 94.5 Å². The Morgan fingerprint density at radius 1 is 1.06 bits per heavy atom. The largest absolute Gasteiger partial charge is 0.454 e. The average Bonchev–Trinajstić information content (AvgIpc) is 3.26. The van der Waals surface area contributed by atoms with Crippen LogP contribution in [-0.2, 0) is 13.1 Å².